The number of carbonyl (C=O) groups excluding carboxylic acids is 1. The van der Waals surface area contributed by atoms with E-state index in [-0.39, 0.29) is 5.91 Å². The van der Waals surface area contributed by atoms with E-state index in [0.717, 1.165) is 74.3 Å². The zero-order chi connectivity index (χ0) is 21.0. The minimum Gasteiger partial charge on any atom is -0.451 e. The molecule has 6 heteroatoms. The van der Waals surface area contributed by atoms with E-state index in [0.29, 0.717) is 18.2 Å². The molecule has 31 heavy (non-hydrogen) atoms. The largest absolute Gasteiger partial charge is 0.451 e. The predicted octanol–water partition coefficient (Wildman–Crippen LogP) is 3.67. The molecule has 0 bridgehead atoms. The smallest absolute Gasteiger partial charge is 0.287 e. The van der Waals surface area contributed by atoms with Gasteiger partial charge < -0.3 is 24.7 Å². The minimum absolute atomic E-state index is 0.133. The Labute approximate surface area is 182 Å². The lowest BCUT2D eigenvalue weighted by Crippen LogP contribution is -2.36. The number of hydrogen-bond donors (Lipinski definition) is 2. The Morgan fingerprint density at radius 2 is 1.74 bits per heavy atom. The van der Waals surface area contributed by atoms with Gasteiger partial charge in [0.05, 0.1) is 13.2 Å². The van der Waals surface area contributed by atoms with Gasteiger partial charge in [0.1, 0.15) is 5.58 Å². The van der Waals surface area contributed by atoms with Gasteiger partial charge in [-0.2, -0.15) is 0 Å². The lowest BCUT2D eigenvalue weighted by Gasteiger charge is -2.28. The topological polar surface area (TPSA) is 66.7 Å². The molecule has 3 heterocycles. The van der Waals surface area contributed by atoms with Crippen molar-refractivity contribution >= 4 is 22.6 Å². The summed E-state index contributed by atoms with van der Waals surface area (Å²) in [5.41, 5.74) is 4.17. The summed E-state index contributed by atoms with van der Waals surface area (Å²) < 4.78 is 11.3. The van der Waals surface area contributed by atoms with Crippen LogP contribution in [0.3, 0.4) is 0 Å². The van der Waals surface area contributed by atoms with Crippen molar-refractivity contribution in [1.29, 1.82) is 0 Å². The Hall–Kier alpha value is -2.83. The maximum atomic E-state index is 12.6. The zero-order valence-electron chi connectivity index (χ0n) is 17.7. The second kappa shape index (κ2) is 9.12. The summed E-state index contributed by atoms with van der Waals surface area (Å²) in [7, 11) is 0. The maximum absolute atomic E-state index is 12.6. The van der Waals surface area contributed by atoms with Crippen LogP contribution in [0.25, 0.3) is 22.1 Å². The fourth-order valence-corrected chi connectivity index (χ4v) is 4.42. The summed E-state index contributed by atoms with van der Waals surface area (Å²) in [6, 6.07) is 16.6. The van der Waals surface area contributed by atoms with Crippen molar-refractivity contribution < 1.29 is 13.9 Å². The average molecular weight is 420 g/mol. The van der Waals surface area contributed by atoms with E-state index in [1.165, 1.54) is 5.69 Å². The molecule has 0 aliphatic carbocycles. The molecule has 0 unspecified atom stereocenters. The van der Waals surface area contributed by atoms with E-state index in [2.05, 4.69) is 45.9 Å². The number of ether oxygens (including phenoxy) is 1. The third-order valence-electron chi connectivity index (χ3n) is 6.33. The Morgan fingerprint density at radius 3 is 2.52 bits per heavy atom. The molecule has 2 aliphatic heterocycles. The molecule has 2 saturated heterocycles. The van der Waals surface area contributed by atoms with Crippen molar-refractivity contribution in [2.45, 2.75) is 12.8 Å². The molecule has 2 aliphatic rings. The van der Waals surface area contributed by atoms with E-state index in [9.17, 15) is 4.79 Å². The highest BCUT2D eigenvalue weighted by atomic mass is 16.5. The van der Waals surface area contributed by atoms with E-state index in [4.69, 9.17) is 9.15 Å². The number of amides is 1. The fourth-order valence-electron chi connectivity index (χ4n) is 4.42. The Kier molecular flexibility index (Phi) is 5.91. The fraction of sp³-hybridized carbons (Fsp3) is 0.400. The molecule has 162 valence electrons. The third kappa shape index (κ3) is 4.60. The number of morpholine rings is 1. The van der Waals surface area contributed by atoms with E-state index in [1.54, 1.807) is 0 Å². The first-order valence-electron chi connectivity index (χ1n) is 11.2. The van der Waals surface area contributed by atoms with Gasteiger partial charge in [-0.05, 0) is 67.2 Å². The van der Waals surface area contributed by atoms with Crippen LogP contribution in [0.1, 0.15) is 23.4 Å². The Balaban J connectivity index is 1.28. The first-order chi connectivity index (χ1) is 15.3. The predicted molar refractivity (Wildman–Crippen MR) is 123 cm³/mol. The molecule has 0 radical (unpaired) electrons. The number of nitrogens with one attached hydrogen (secondary N) is 2. The Bertz CT molecular complexity index is 1030. The zero-order valence-corrected chi connectivity index (χ0v) is 17.7. The van der Waals surface area contributed by atoms with Gasteiger partial charge in [0.2, 0.25) is 0 Å². The quantitative estimate of drug-likeness (QED) is 0.661. The molecule has 2 fully saturated rings. The molecule has 5 rings (SSSR count). The molecule has 0 saturated carbocycles. The molecular weight excluding hydrogens is 390 g/mol. The number of hydrogen-bond acceptors (Lipinski definition) is 5. The van der Waals surface area contributed by atoms with Crippen LogP contribution in [0, 0.1) is 5.92 Å². The highest BCUT2D eigenvalue weighted by Gasteiger charge is 2.17. The van der Waals surface area contributed by atoms with Gasteiger partial charge in [0.15, 0.2) is 5.76 Å². The van der Waals surface area contributed by atoms with Crippen LogP contribution in [0.15, 0.2) is 52.9 Å². The van der Waals surface area contributed by atoms with Gasteiger partial charge in [-0.15, -0.1) is 0 Å². The molecule has 3 aromatic rings. The highest BCUT2D eigenvalue weighted by Crippen LogP contribution is 2.28. The lowest BCUT2D eigenvalue weighted by atomic mass is 9.98. The molecule has 0 atom stereocenters. The lowest BCUT2D eigenvalue weighted by molar-refractivity contribution is 0.0918. The van der Waals surface area contributed by atoms with Gasteiger partial charge in [0.25, 0.3) is 5.91 Å². The second-order valence-electron chi connectivity index (χ2n) is 8.41. The maximum Gasteiger partial charge on any atom is 0.287 e. The van der Waals surface area contributed by atoms with Crippen LogP contribution < -0.4 is 15.5 Å². The molecule has 6 nitrogen and oxygen atoms in total. The SMILES string of the molecule is O=C(NCC1CCNCC1)c1cc2ccc(-c3ccc(N4CCOCC4)cc3)cc2o1. The number of piperidine rings is 1. The number of carbonyl (C=O) groups is 1. The standard InChI is InChI=1S/C25H29N3O3/c29-25(27-17-18-7-9-26-10-8-18)24-16-21-2-1-20(15-23(21)31-24)19-3-5-22(6-4-19)28-11-13-30-14-12-28/h1-6,15-16,18,26H,7-14,17H2,(H,27,29). The highest BCUT2D eigenvalue weighted by molar-refractivity contribution is 5.96. The van der Waals surface area contributed by atoms with Crippen molar-refractivity contribution in [2.75, 3.05) is 50.8 Å². The molecule has 1 amide bonds. The summed E-state index contributed by atoms with van der Waals surface area (Å²) in [6.07, 6.45) is 2.21. The van der Waals surface area contributed by atoms with Crippen LogP contribution in [0.4, 0.5) is 5.69 Å². The number of nitrogens with zero attached hydrogens (tertiary/aromatic N) is 1. The van der Waals surface area contributed by atoms with Gasteiger partial charge >= 0.3 is 0 Å². The number of rotatable bonds is 5. The van der Waals surface area contributed by atoms with Crippen LogP contribution in [-0.4, -0.2) is 51.8 Å². The first kappa shape index (κ1) is 20.1. The summed E-state index contributed by atoms with van der Waals surface area (Å²) in [6.45, 7) is 6.19. The van der Waals surface area contributed by atoms with Crippen LogP contribution in [-0.2, 0) is 4.74 Å². The van der Waals surface area contributed by atoms with E-state index >= 15 is 0 Å². The third-order valence-corrected chi connectivity index (χ3v) is 6.33. The molecule has 2 aromatic carbocycles. The van der Waals surface area contributed by atoms with Crippen LogP contribution in [0.5, 0.6) is 0 Å². The van der Waals surface area contributed by atoms with Gasteiger partial charge in [0, 0.05) is 30.7 Å². The summed E-state index contributed by atoms with van der Waals surface area (Å²) >= 11 is 0. The van der Waals surface area contributed by atoms with Crippen molar-refractivity contribution in [3.63, 3.8) is 0 Å². The molecular formula is C25H29N3O3. The first-order valence-corrected chi connectivity index (χ1v) is 11.2. The number of furan rings is 1. The minimum atomic E-state index is -0.133. The molecule has 2 N–H and O–H groups in total. The molecule has 1 aromatic heterocycles. The summed E-state index contributed by atoms with van der Waals surface area (Å²) in [4.78, 5) is 14.9. The normalized spacial score (nSPS) is 17.7. The van der Waals surface area contributed by atoms with Gasteiger partial charge in [-0.3, -0.25) is 4.79 Å². The van der Waals surface area contributed by atoms with E-state index < -0.39 is 0 Å². The van der Waals surface area contributed by atoms with Crippen molar-refractivity contribution in [3.05, 3.63) is 54.3 Å². The van der Waals surface area contributed by atoms with E-state index in [1.807, 2.05) is 18.2 Å². The number of fused-ring (bicyclic) bond motifs is 1. The van der Waals surface area contributed by atoms with Crippen LogP contribution >= 0.6 is 0 Å². The van der Waals surface area contributed by atoms with Crippen molar-refractivity contribution in [2.24, 2.45) is 5.92 Å². The number of benzene rings is 2. The second-order valence-corrected chi connectivity index (χ2v) is 8.41. The van der Waals surface area contributed by atoms with Gasteiger partial charge in [-0.25, -0.2) is 0 Å². The number of anilines is 1. The molecule has 0 spiro atoms. The summed E-state index contributed by atoms with van der Waals surface area (Å²) in [5.74, 6) is 0.788. The van der Waals surface area contributed by atoms with Crippen LogP contribution in [0.2, 0.25) is 0 Å². The van der Waals surface area contributed by atoms with Crippen molar-refractivity contribution in [3.8, 4) is 11.1 Å². The summed E-state index contributed by atoms with van der Waals surface area (Å²) in [5, 5.41) is 7.34. The monoisotopic (exact) mass is 419 g/mol. The average Bonchev–Trinajstić information content (AvgIpc) is 3.27. The Morgan fingerprint density at radius 1 is 1.00 bits per heavy atom. The van der Waals surface area contributed by atoms with Gasteiger partial charge in [-0.1, -0.05) is 24.3 Å². The van der Waals surface area contributed by atoms with Crippen molar-refractivity contribution in [1.82, 2.24) is 10.6 Å².